The average Bonchev–Trinajstić information content (AvgIpc) is 2.01. The van der Waals surface area contributed by atoms with Crippen molar-refractivity contribution in [2.45, 2.75) is 0 Å². The lowest BCUT2D eigenvalue weighted by Gasteiger charge is -2.15. The van der Waals surface area contributed by atoms with Gasteiger partial charge in [0.05, 0.1) is 15.7 Å². The minimum absolute atomic E-state index is 0.161. The number of benzene rings is 1. The monoisotopic (exact) mass is 252 g/mol. The lowest BCUT2D eigenvalue weighted by Crippen LogP contribution is -2.23. The zero-order chi connectivity index (χ0) is 10.9. The maximum absolute atomic E-state index is 10.6. The van der Waals surface area contributed by atoms with Crippen molar-refractivity contribution in [1.82, 2.24) is 0 Å². The smallest absolute Gasteiger partial charge is 0.275 e. The fourth-order valence-corrected chi connectivity index (χ4v) is 2.02. The van der Waals surface area contributed by atoms with Gasteiger partial charge in [-0.05, 0) is 12.1 Å². The second kappa shape index (κ2) is 4.26. The van der Waals surface area contributed by atoms with E-state index in [1.807, 2.05) is 0 Å². The number of carbonyl (C=O) groups is 1. The van der Waals surface area contributed by atoms with Gasteiger partial charge in [0.1, 0.15) is 0 Å². The number of rotatable bonds is 1. The second-order valence-corrected chi connectivity index (χ2v) is 3.79. The van der Waals surface area contributed by atoms with Crippen molar-refractivity contribution in [2.24, 2.45) is 0 Å². The van der Waals surface area contributed by atoms with Crippen molar-refractivity contribution >= 4 is 46.6 Å². The quantitative estimate of drug-likeness (QED) is 0.753. The van der Waals surface area contributed by atoms with Crippen LogP contribution >= 0.6 is 34.8 Å². The molecule has 1 aromatic carbocycles. The first kappa shape index (κ1) is 11.4. The van der Waals surface area contributed by atoms with E-state index in [-0.39, 0.29) is 15.7 Å². The Labute approximate surface area is 95.8 Å². The van der Waals surface area contributed by atoms with Crippen molar-refractivity contribution in [3.05, 3.63) is 27.2 Å². The van der Waals surface area contributed by atoms with Gasteiger partial charge in [-0.1, -0.05) is 34.8 Å². The van der Waals surface area contributed by atoms with Crippen LogP contribution in [-0.2, 0) is 5.11 Å². The van der Waals surface area contributed by atoms with Gasteiger partial charge in [-0.2, -0.15) is 0 Å². The molecule has 0 spiro atoms. The van der Waals surface area contributed by atoms with E-state index >= 15 is 0 Å². The number of carbonyl (C=O) groups excluding carboxylic acids is 1. The lowest BCUT2D eigenvalue weighted by atomic mass is 10.3. The van der Waals surface area contributed by atoms with Crippen LogP contribution in [0.2, 0.25) is 15.1 Å². The van der Waals surface area contributed by atoms with Crippen LogP contribution in [0, 0.1) is 0 Å². The summed E-state index contributed by atoms with van der Waals surface area (Å²) in [4.78, 5) is 11.4. The molecule has 0 saturated carbocycles. The van der Waals surface area contributed by atoms with Crippen LogP contribution in [0.1, 0.15) is 0 Å². The molecule has 75 valence electrons. The molecule has 0 saturated heterocycles. The minimum atomic E-state index is -1.39. The van der Waals surface area contributed by atoms with E-state index in [9.17, 15) is 9.90 Å². The lowest BCUT2D eigenvalue weighted by molar-refractivity contribution is 0.178. The molecule has 1 amide bonds. The molecule has 1 rings (SSSR count). The first-order valence-electron chi connectivity index (χ1n) is 3.52. The second-order valence-electron chi connectivity index (χ2n) is 2.54. The Balaban J connectivity index is 3.27. The van der Waals surface area contributed by atoms with E-state index in [0.717, 1.165) is 4.90 Å². The summed E-state index contributed by atoms with van der Waals surface area (Å²) in [5.41, 5.74) is 0.165. The average molecular weight is 253 g/mol. The standard InChI is InChI=1S/C8H5Cl3NO2/c1-12(8(13)14)7-5(10)2-4(9)3-6(7)11/h2-3H,1H3. The molecule has 0 aromatic heterocycles. The van der Waals surface area contributed by atoms with Crippen LogP contribution in [0.5, 0.6) is 0 Å². The fraction of sp³-hybridized carbons (Fsp3) is 0.125. The van der Waals surface area contributed by atoms with Crippen LogP contribution in [0.4, 0.5) is 10.5 Å². The molecule has 14 heavy (non-hydrogen) atoms. The van der Waals surface area contributed by atoms with Crippen LogP contribution in [0.25, 0.3) is 0 Å². The summed E-state index contributed by atoms with van der Waals surface area (Å²) >= 11 is 17.2. The van der Waals surface area contributed by atoms with Gasteiger partial charge < -0.3 is 0 Å². The van der Waals surface area contributed by atoms with Gasteiger partial charge in [-0.15, -0.1) is 0 Å². The molecule has 0 aliphatic carbocycles. The highest BCUT2D eigenvalue weighted by molar-refractivity contribution is 6.42. The van der Waals surface area contributed by atoms with Gasteiger partial charge in [-0.25, -0.2) is 9.90 Å². The molecule has 0 N–H and O–H groups in total. The van der Waals surface area contributed by atoms with Crippen molar-refractivity contribution in [1.29, 1.82) is 0 Å². The van der Waals surface area contributed by atoms with E-state index < -0.39 is 6.09 Å². The first-order chi connectivity index (χ1) is 6.43. The van der Waals surface area contributed by atoms with Crippen LogP contribution < -0.4 is 4.90 Å². The van der Waals surface area contributed by atoms with Crippen LogP contribution in [0.15, 0.2) is 12.1 Å². The van der Waals surface area contributed by atoms with Crippen molar-refractivity contribution in [3.8, 4) is 0 Å². The normalized spacial score (nSPS) is 10.0. The molecular formula is C8H5Cl3NO2. The number of hydrogen-bond donors (Lipinski definition) is 0. The molecule has 0 aliphatic rings. The topological polar surface area (TPSA) is 40.2 Å². The molecule has 0 aliphatic heterocycles. The third kappa shape index (κ3) is 2.23. The molecule has 0 unspecified atom stereocenters. The number of anilines is 1. The summed E-state index contributed by atoms with van der Waals surface area (Å²) in [6.45, 7) is 0. The zero-order valence-electron chi connectivity index (χ0n) is 7.05. The molecular weight excluding hydrogens is 248 g/mol. The maximum atomic E-state index is 10.6. The van der Waals surface area contributed by atoms with Gasteiger partial charge in [0, 0.05) is 12.1 Å². The van der Waals surface area contributed by atoms with Crippen LogP contribution in [-0.4, -0.2) is 13.1 Å². The largest absolute Gasteiger partial charge is 0.457 e. The number of hydrogen-bond acceptors (Lipinski definition) is 1. The van der Waals surface area contributed by atoms with Gasteiger partial charge in [-0.3, -0.25) is 4.90 Å². The molecule has 1 radical (unpaired) electrons. The minimum Gasteiger partial charge on any atom is -0.275 e. The van der Waals surface area contributed by atoms with Crippen molar-refractivity contribution in [2.75, 3.05) is 11.9 Å². The molecule has 0 fully saturated rings. The molecule has 3 nitrogen and oxygen atoms in total. The summed E-state index contributed by atoms with van der Waals surface area (Å²) in [6.07, 6.45) is -1.39. The Hall–Kier alpha value is -0.640. The Morgan fingerprint density at radius 3 is 2.00 bits per heavy atom. The predicted molar refractivity (Wildman–Crippen MR) is 56.0 cm³/mol. The van der Waals surface area contributed by atoms with E-state index in [2.05, 4.69) is 0 Å². The summed E-state index contributed by atoms with van der Waals surface area (Å²) in [5, 5.41) is 11.2. The Bertz CT molecular complexity index is 358. The summed E-state index contributed by atoms with van der Waals surface area (Å²) in [6, 6.07) is 2.81. The summed E-state index contributed by atoms with van der Waals surface area (Å²) in [5.74, 6) is 0. The summed E-state index contributed by atoms with van der Waals surface area (Å²) < 4.78 is 0. The highest BCUT2D eigenvalue weighted by Gasteiger charge is 2.17. The Morgan fingerprint density at radius 2 is 1.64 bits per heavy atom. The number of nitrogens with zero attached hydrogens (tertiary/aromatic N) is 1. The maximum Gasteiger partial charge on any atom is 0.457 e. The molecule has 0 bridgehead atoms. The van der Waals surface area contributed by atoms with Gasteiger partial charge in [0.15, 0.2) is 0 Å². The molecule has 1 aromatic rings. The predicted octanol–water partition coefficient (Wildman–Crippen LogP) is 3.63. The highest BCUT2D eigenvalue weighted by Crippen LogP contribution is 2.35. The third-order valence-corrected chi connectivity index (χ3v) is 2.39. The van der Waals surface area contributed by atoms with E-state index in [0.29, 0.717) is 5.02 Å². The summed E-state index contributed by atoms with van der Waals surface area (Å²) in [7, 11) is 1.29. The third-order valence-electron chi connectivity index (χ3n) is 1.59. The molecule has 6 heteroatoms. The number of halogens is 3. The highest BCUT2D eigenvalue weighted by atomic mass is 35.5. The van der Waals surface area contributed by atoms with Gasteiger partial charge in [0.25, 0.3) is 0 Å². The zero-order valence-corrected chi connectivity index (χ0v) is 9.32. The van der Waals surface area contributed by atoms with Crippen molar-refractivity contribution in [3.63, 3.8) is 0 Å². The molecule has 0 heterocycles. The molecule has 0 atom stereocenters. The van der Waals surface area contributed by atoms with E-state index in [4.69, 9.17) is 34.8 Å². The van der Waals surface area contributed by atoms with E-state index in [1.165, 1.54) is 19.2 Å². The Kier molecular flexibility index (Phi) is 3.48. The van der Waals surface area contributed by atoms with Gasteiger partial charge in [0.2, 0.25) is 0 Å². The van der Waals surface area contributed by atoms with Crippen LogP contribution in [0.3, 0.4) is 0 Å². The van der Waals surface area contributed by atoms with Crippen molar-refractivity contribution < 1.29 is 9.90 Å². The van der Waals surface area contributed by atoms with Gasteiger partial charge >= 0.3 is 6.09 Å². The number of amides is 1. The Morgan fingerprint density at radius 1 is 1.21 bits per heavy atom. The SMILES string of the molecule is CN(C([O])=O)c1c(Cl)cc(Cl)cc1Cl. The van der Waals surface area contributed by atoms with E-state index in [1.54, 1.807) is 0 Å². The fourth-order valence-electron chi connectivity index (χ4n) is 0.946. The first-order valence-corrected chi connectivity index (χ1v) is 4.66.